The van der Waals surface area contributed by atoms with Crippen molar-refractivity contribution in [2.75, 3.05) is 33.9 Å². The molecule has 1 aliphatic rings. The SMILES string of the molecule is CCOc1ccc(CCC(=O)NC2CCN(C(=O)c3ccccc3OC)CC2)cc1OC. The summed E-state index contributed by atoms with van der Waals surface area (Å²) in [5.74, 6) is 1.96. The summed E-state index contributed by atoms with van der Waals surface area (Å²) in [6.45, 7) is 3.72. The Bertz CT molecular complexity index is 922. The monoisotopic (exact) mass is 440 g/mol. The average molecular weight is 441 g/mol. The number of nitrogens with zero attached hydrogens (tertiary/aromatic N) is 1. The van der Waals surface area contributed by atoms with Crippen molar-refractivity contribution in [3.8, 4) is 17.2 Å². The molecule has 0 spiro atoms. The summed E-state index contributed by atoms with van der Waals surface area (Å²) in [6, 6.07) is 13.1. The number of ether oxygens (including phenoxy) is 3. The molecule has 0 aromatic heterocycles. The molecule has 1 heterocycles. The summed E-state index contributed by atoms with van der Waals surface area (Å²) < 4.78 is 16.2. The smallest absolute Gasteiger partial charge is 0.257 e. The summed E-state index contributed by atoms with van der Waals surface area (Å²) >= 11 is 0. The molecule has 1 fully saturated rings. The molecular weight excluding hydrogens is 408 g/mol. The number of likely N-dealkylation sites (tertiary alicyclic amines) is 1. The van der Waals surface area contributed by atoms with Gasteiger partial charge in [-0.05, 0) is 56.0 Å². The van der Waals surface area contributed by atoms with E-state index in [0.717, 1.165) is 18.4 Å². The molecule has 1 saturated heterocycles. The van der Waals surface area contributed by atoms with Gasteiger partial charge in [-0.1, -0.05) is 18.2 Å². The molecule has 1 aliphatic heterocycles. The highest BCUT2D eigenvalue weighted by Gasteiger charge is 2.26. The maximum atomic E-state index is 12.8. The van der Waals surface area contributed by atoms with Gasteiger partial charge in [0.05, 0.1) is 26.4 Å². The van der Waals surface area contributed by atoms with Gasteiger partial charge in [0.1, 0.15) is 5.75 Å². The number of carbonyl (C=O) groups is 2. The molecule has 2 amide bonds. The van der Waals surface area contributed by atoms with Crippen LogP contribution in [-0.4, -0.2) is 56.7 Å². The van der Waals surface area contributed by atoms with Crippen LogP contribution in [0, 0.1) is 0 Å². The number of benzene rings is 2. The lowest BCUT2D eigenvalue weighted by atomic mass is 10.0. The van der Waals surface area contributed by atoms with Crippen LogP contribution in [-0.2, 0) is 11.2 Å². The van der Waals surface area contributed by atoms with Gasteiger partial charge in [0.15, 0.2) is 11.5 Å². The summed E-state index contributed by atoms with van der Waals surface area (Å²) in [7, 11) is 3.18. The van der Waals surface area contributed by atoms with Crippen molar-refractivity contribution in [3.63, 3.8) is 0 Å². The fraction of sp³-hybridized carbons (Fsp3) is 0.440. The second-order valence-electron chi connectivity index (χ2n) is 7.75. The van der Waals surface area contributed by atoms with Crippen LogP contribution in [0.2, 0.25) is 0 Å². The van der Waals surface area contributed by atoms with E-state index in [1.165, 1.54) is 0 Å². The lowest BCUT2D eigenvalue weighted by Gasteiger charge is -2.32. The van der Waals surface area contributed by atoms with E-state index >= 15 is 0 Å². The molecule has 0 aliphatic carbocycles. The zero-order chi connectivity index (χ0) is 22.9. The number of methoxy groups -OCH3 is 2. The van der Waals surface area contributed by atoms with E-state index in [9.17, 15) is 9.59 Å². The van der Waals surface area contributed by atoms with Crippen LogP contribution in [0.25, 0.3) is 0 Å². The van der Waals surface area contributed by atoms with Gasteiger partial charge in [-0.2, -0.15) is 0 Å². The Labute approximate surface area is 189 Å². The lowest BCUT2D eigenvalue weighted by molar-refractivity contribution is -0.122. The number of para-hydroxylation sites is 1. The van der Waals surface area contributed by atoms with E-state index in [1.54, 1.807) is 26.4 Å². The van der Waals surface area contributed by atoms with Gasteiger partial charge in [0, 0.05) is 25.6 Å². The Kier molecular flexibility index (Phi) is 8.36. The zero-order valence-corrected chi connectivity index (χ0v) is 19.1. The second-order valence-corrected chi connectivity index (χ2v) is 7.75. The van der Waals surface area contributed by atoms with E-state index in [-0.39, 0.29) is 17.9 Å². The zero-order valence-electron chi connectivity index (χ0n) is 19.1. The van der Waals surface area contributed by atoms with Crippen molar-refractivity contribution < 1.29 is 23.8 Å². The van der Waals surface area contributed by atoms with Gasteiger partial charge < -0.3 is 24.4 Å². The van der Waals surface area contributed by atoms with Crippen molar-refractivity contribution in [2.24, 2.45) is 0 Å². The van der Waals surface area contributed by atoms with Crippen LogP contribution in [0.3, 0.4) is 0 Å². The fourth-order valence-electron chi connectivity index (χ4n) is 3.92. The van der Waals surface area contributed by atoms with Crippen molar-refractivity contribution in [1.29, 1.82) is 0 Å². The highest BCUT2D eigenvalue weighted by atomic mass is 16.5. The molecule has 2 aromatic carbocycles. The average Bonchev–Trinajstić information content (AvgIpc) is 2.83. The van der Waals surface area contributed by atoms with Crippen molar-refractivity contribution >= 4 is 11.8 Å². The standard InChI is InChI=1S/C25H32N2O5/c1-4-32-22-11-9-18(17-23(22)31-3)10-12-24(28)26-19-13-15-27(16-14-19)25(29)20-7-5-6-8-21(20)30-2/h5-9,11,17,19H,4,10,12-16H2,1-3H3,(H,26,28). The minimum Gasteiger partial charge on any atom is -0.496 e. The molecule has 0 atom stereocenters. The van der Waals surface area contributed by atoms with Gasteiger partial charge in [0.25, 0.3) is 5.91 Å². The van der Waals surface area contributed by atoms with Crippen molar-refractivity contribution in [2.45, 2.75) is 38.6 Å². The number of nitrogens with one attached hydrogen (secondary N) is 1. The van der Waals surface area contributed by atoms with E-state index in [4.69, 9.17) is 14.2 Å². The summed E-state index contributed by atoms with van der Waals surface area (Å²) in [4.78, 5) is 27.1. The normalized spacial score (nSPS) is 14.0. The van der Waals surface area contributed by atoms with E-state index < -0.39 is 0 Å². The van der Waals surface area contributed by atoms with Gasteiger partial charge in [0.2, 0.25) is 5.91 Å². The Morgan fingerprint density at radius 3 is 2.41 bits per heavy atom. The molecule has 172 valence electrons. The Morgan fingerprint density at radius 2 is 1.72 bits per heavy atom. The first kappa shape index (κ1) is 23.4. The van der Waals surface area contributed by atoms with Crippen LogP contribution in [0.15, 0.2) is 42.5 Å². The summed E-state index contributed by atoms with van der Waals surface area (Å²) in [5.41, 5.74) is 1.60. The van der Waals surface area contributed by atoms with E-state index in [2.05, 4.69) is 5.32 Å². The highest BCUT2D eigenvalue weighted by molar-refractivity contribution is 5.97. The quantitative estimate of drug-likeness (QED) is 0.646. The number of hydrogen-bond acceptors (Lipinski definition) is 5. The molecule has 0 unspecified atom stereocenters. The number of piperidine rings is 1. The van der Waals surface area contributed by atoms with Gasteiger partial charge in [-0.25, -0.2) is 0 Å². The Hall–Kier alpha value is -3.22. The molecule has 32 heavy (non-hydrogen) atoms. The molecule has 0 bridgehead atoms. The molecule has 3 rings (SSSR count). The molecule has 0 saturated carbocycles. The van der Waals surface area contributed by atoms with Crippen molar-refractivity contribution in [3.05, 3.63) is 53.6 Å². The molecule has 2 aromatic rings. The van der Waals surface area contributed by atoms with Crippen LogP contribution in [0.1, 0.15) is 42.1 Å². The van der Waals surface area contributed by atoms with Gasteiger partial charge >= 0.3 is 0 Å². The predicted octanol–water partition coefficient (Wildman–Crippen LogP) is 3.46. The van der Waals surface area contributed by atoms with Gasteiger partial charge in [-0.3, -0.25) is 9.59 Å². The third-order valence-corrected chi connectivity index (χ3v) is 5.65. The Morgan fingerprint density at radius 1 is 1.00 bits per heavy atom. The van der Waals surface area contributed by atoms with Crippen LogP contribution in [0.4, 0.5) is 0 Å². The highest BCUT2D eigenvalue weighted by Crippen LogP contribution is 2.28. The van der Waals surface area contributed by atoms with E-state index in [1.807, 2.05) is 42.2 Å². The summed E-state index contributed by atoms with van der Waals surface area (Å²) in [6.07, 6.45) is 2.50. The number of rotatable bonds is 9. The number of hydrogen-bond donors (Lipinski definition) is 1. The largest absolute Gasteiger partial charge is 0.496 e. The summed E-state index contributed by atoms with van der Waals surface area (Å²) in [5, 5.41) is 3.11. The number of carbonyl (C=O) groups excluding carboxylic acids is 2. The Balaban J connectivity index is 1.46. The van der Waals surface area contributed by atoms with E-state index in [0.29, 0.717) is 55.4 Å². The minimum atomic E-state index is -0.0309. The molecule has 7 nitrogen and oxygen atoms in total. The third-order valence-electron chi connectivity index (χ3n) is 5.65. The lowest BCUT2D eigenvalue weighted by Crippen LogP contribution is -2.46. The molecule has 1 N–H and O–H groups in total. The molecule has 0 radical (unpaired) electrons. The van der Waals surface area contributed by atoms with Crippen LogP contribution in [0.5, 0.6) is 17.2 Å². The first-order chi connectivity index (χ1) is 15.5. The molecule has 7 heteroatoms. The first-order valence-electron chi connectivity index (χ1n) is 11.1. The van der Waals surface area contributed by atoms with Gasteiger partial charge in [-0.15, -0.1) is 0 Å². The van der Waals surface area contributed by atoms with Crippen LogP contribution < -0.4 is 19.5 Å². The predicted molar refractivity (Wildman–Crippen MR) is 123 cm³/mol. The number of amides is 2. The third kappa shape index (κ3) is 5.93. The van der Waals surface area contributed by atoms with Crippen LogP contribution >= 0.6 is 0 Å². The minimum absolute atomic E-state index is 0.0207. The molecular formula is C25H32N2O5. The first-order valence-corrected chi connectivity index (χ1v) is 11.1. The van der Waals surface area contributed by atoms with Crippen molar-refractivity contribution in [1.82, 2.24) is 10.2 Å². The number of aryl methyl sites for hydroxylation is 1. The maximum Gasteiger partial charge on any atom is 0.257 e. The maximum absolute atomic E-state index is 12.8. The topological polar surface area (TPSA) is 77.1 Å². The second kappa shape index (κ2) is 11.4. The fourth-order valence-corrected chi connectivity index (χ4v) is 3.92.